The van der Waals surface area contributed by atoms with E-state index in [1.807, 2.05) is 109 Å². The van der Waals surface area contributed by atoms with Crippen molar-refractivity contribution in [1.29, 1.82) is 0 Å². The highest BCUT2D eigenvalue weighted by molar-refractivity contribution is 6.13. The minimum atomic E-state index is 0.0416. The van der Waals surface area contributed by atoms with Crippen molar-refractivity contribution >= 4 is 43.6 Å². The third kappa shape index (κ3) is 3.29. The van der Waals surface area contributed by atoms with E-state index in [0.29, 0.717) is 33.9 Å². The third-order valence-electron chi connectivity index (χ3n) is 7.58. The quantitative estimate of drug-likeness (QED) is 0.190. The summed E-state index contributed by atoms with van der Waals surface area (Å²) in [5.74, 6) is 1.20. The number of aromatic amines is 2. The van der Waals surface area contributed by atoms with E-state index in [1.165, 1.54) is 0 Å². The Morgan fingerprint density at radius 3 is 1.32 bits per heavy atom. The van der Waals surface area contributed by atoms with Crippen LogP contribution in [0.2, 0.25) is 0 Å². The van der Waals surface area contributed by atoms with Crippen molar-refractivity contribution in [1.82, 2.24) is 19.9 Å². The summed E-state index contributed by atoms with van der Waals surface area (Å²) in [7, 11) is 0. The van der Waals surface area contributed by atoms with Crippen LogP contribution in [0.3, 0.4) is 0 Å². The lowest BCUT2D eigenvalue weighted by Crippen LogP contribution is -1.93. The van der Waals surface area contributed by atoms with Crippen molar-refractivity contribution in [3.8, 4) is 45.4 Å². The second-order valence-electron chi connectivity index (χ2n) is 9.94. The topological polar surface area (TPSA) is 97.8 Å². The van der Waals surface area contributed by atoms with Crippen LogP contribution in [0.15, 0.2) is 109 Å². The van der Waals surface area contributed by atoms with Gasteiger partial charge in [0.25, 0.3) is 0 Å². The molecule has 0 saturated heterocycles. The van der Waals surface area contributed by atoms with Crippen LogP contribution in [0.5, 0.6) is 11.5 Å². The van der Waals surface area contributed by atoms with Crippen LogP contribution < -0.4 is 0 Å². The van der Waals surface area contributed by atoms with Crippen LogP contribution in [-0.4, -0.2) is 30.1 Å². The first-order chi connectivity index (χ1) is 19.7. The molecule has 2 aromatic heterocycles. The lowest BCUT2D eigenvalue weighted by molar-refractivity contribution is 0.472. The fraction of sp³-hybridized carbons (Fsp3) is 0. The molecule has 0 spiro atoms. The highest BCUT2D eigenvalue weighted by atomic mass is 16.3. The fourth-order valence-electron chi connectivity index (χ4n) is 5.70. The summed E-state index contributed by atoms with van der Waals surface area (Å²) < 4.78 is 0. The van der Waals surface area contributed by atoms with Crippen LogP contribution in [0.4, 0.5) is 0 Å². The van der Waals surface area contributed by atoms with Crippen molar-refractivity contribution in [2.75, 3.05) is 0 Å². The van der Waals surface area contributed by atoms with Crippen molar-refractivity contribution in [3.63, 3.8) is 0 Å². The number of benzene rings is 6. The van der Waals surface area contributed by atoms with Gasteiger partial charge in [-0.15, -0.1) is 0 Å². The number of para-hydroxylation sites is 4. The van der Waals surface area contributed by atoms with Gasteiger partial charge in [-0.2, -0.15) is 0 Å². The average molecular weight is 519 g/mol. The number of rotatable bonds is 3. The number of imidazole rings is 2. The lowest BCUT2D eigenvalue weighted by Gasteiger charge is -2.18. The van der Waals surface area contributed by atoms with E-state index in [9.17, 15) is 10.2 Å². The molecule has 2 heterocycles. The first kappa shape index (κ1) is 22.4. The van der Waals surface area contributed by atoms with E-state index < -0.39 is 0 Å². The van der Waals surface area contributed by atoms with E-state index >= 15 is 0 Å². The maximum Gasteiger partial charge on any atom is 0.142 e. The Morgan fingerprint density at radius 1 is 0.475 bits per heavy atom. The fourth-order valence-corrected chi connectivity index (χ4v) is 5.70. The van der Waals surface area contributed by atoms with Crippen molar-refractivity contribution in [2.24, 2.45) is 0 Å². The molecule has 4 N–H and O–H groups in total. The number of phenols is 2. The second kappa shape index (κ2) is 8.44. The smallest absolute Gasteiger partial charge is 0.142 e. The number of aromatic nitrogens is 4. The molecule has 0 bridgehead atoms. The van der Waals surface area contributed by atoms with Crippen LogP contribution >= 0.6 is 0 Å². The molecule has 6 nitrogen and oxygen atoms in total. The summed E-state index contributed by atoms with van der Waals surface area (Å²) in [4.78, 5) is 16.2. The van der Waals surface area contributed by atoms with E-state index in [0.717, 1.165) is 43.6 Å². The van der Waals surface area contributed by atoms with Gasteiger partial charge in [0.15, 0.2) is 0 Å². The summed E-state index contributed by atoms with van der Waals surface area (Å²) in [6, 6.07) is 35.2. The van der Waals surface area contributed by atoms with Crippen molar-refractivity contribution < 1.29 is 10.2 Å². The van der Waals surface area contributed by atoms with E-state index in [2.05, 4.69) is 9.97 Å². The average Bonchev–Trinajstić information content (AvgIpc) is 3.62. The van der Waals surface area contributed by atoms with Crippen LogP contribution in [0.25, 0.3) is 77.5 Å². The summed E-state index contributed by atoms with van der Waals surface area (Å²) in [5, 5.41) is 27.5. The zero-order chi connectivity index (χ0) is 26.8. The predicted octanol–water partition coefficient (Wildman–Crippen LogP) is 8.16. The molecule has 0 amide bonds. The van der Waals surface area contributed by atoms with Gasteiger partial charge in [-0.05, 0) is 57.9 Å². The second-order valence-corrected chi connectivity index (χ2v) is 9.94. The molecule has 0 aliphatic rings. The molecule has 190 valence electrons. The highest BCUT2D eigenvalue weighted by Crippen LogP contribution is 2.50. The molecule has 8 aromatic rings. The molecule has 0 atom stereocenters. The predicted molar refractivity (Wildman–Crippen MR) is 160 cm³/mol. The molecular formula is C34H22N4O2. The summed E-state index contributed by atoms with van der Waals surface area (Å²) >= 11 is 0. The minimum Gasteiger partial charge on any atom is -0.507 e. The largest absolute Gasteiger partial charge is 0.507 e. The Balaban J connectivity index is 1.48. The molecule has 0 aliphatic carbocycles. The van der Waals surface area contributed by atoms with Gasteiger partial charge >= 0.3 is 0 Å². The summed E-state index contributed by atoms with van der Waals surface area (Å²) in [6.45, 7) is 0. The molecule has 0 aliphatic heterocycles. The number of nitrogens with zero attached hydrogens (tertiary/aromatic N) is 2. The number of hydrogen-bond acceptors (Lipinski definition) is 4. The van der Waals surface area contributed by atoms with Gasteiger partial charge in [-0.25, -0.2) is 9.97 Å². The maximum atomic E-state index is 12.0. The number of hydrogen-bond donors (Lipinski definition) is 4. The van der Waals surface area contributed by atoms with Crippen molar-refractivity contribution in [2.45, 2.75) is 0 Å². The van der Waals surface area contributed by atoms with E-state index in [-0.39, 0.29) is 11.5 Å². The minimum absolute atomic E-state index is 0.0416. The molecule has 6 aromatic carbocycles. The Kier molecular flexibility index (Phi) is 4.72. The molecule has 0 unspecified atom stereocenters. The lowest BCUT2D eigenvalue weighted by atomic mass is 9.88. The zero-order valence-electron chi connectivity index (χ0n) is 21.2. The number of fused-ring (bicyclic) bond motifs is 4. The molecule has 0 saturated carbocycles. The van der Waals surface area contributed by atoms with Gasteiger partial charge in [0.05, 0.1) is 33.2 Å². The first-order valence-electron chi connectivity index (χ1n) is 13.1. The molecule has 40 heavy (non-hydrogen) atoms. The molecule has 0 radical (unpaired) electrons. The van der Waals surface area contributed by atoms with Gasteiger partial charge < -0.3 is 20.2 Å². The van der Waals surface area contributed by atoms with Gasteiger partial charge in [0, 0.05) is 11.1 Å². The van der Waals surface area contributed by atoms with Crippen LogP contribution in [0.1, 0.15) is 0 Å². The monoisotopic (exact) mass is 518 g/mol. The van der Waals surface area contributed by atoms with E-state index in [1.54, 1.807) is 0 Å². The normalized spacial score (nSPS) is 11.7. The Labute approximate surface area is 228 Å². The number of H-pyrrole nitrogens is 2. The van der Waals surface area contributed by atoms with Gasteiger partial charge in [0.2, 0.25) is 0 Å². The molecule has 0 fully saturated rings. The van der Waals surface area contributed by atoms with Crippen LogP contribution in [0, 0.1) is 0 Å². The molecular weight excluding hydrogens is 496 g/mol. The van der Waals surface area contributed by atoms with Gasteiger partial charge in [-0.3, -0.25) is 0 Å². The van der Waals surface area contributed by atoms with Gasteiger partial charge in [-0.1, -0.05) is 72.8 Å². The zero-order valence-corrected chi connectivity index (χ0v) is 21.2. The Bertz CT molecular complexity index is 2030. The number of phenolic OH excluding ortho intramolecular Hbond substituents is 2. The summed E-state index contributed by atoms with van der Waals surface area (Å²) in [5.41, 5.74) is 5.59. The Morgan fingerprint density at radius 2 is 0.875 bits per heavy atom. The first-order valence-corrected chi connectivity index (χ1v) is 13.1. The van der Waals surface area contributed by atoms with Gasteiger partial charge in [0.1, 0.15) is 23.1 Å². The molecule has 6 heteroatoms. The third-order valence-corrected chi connectivity index (χ3v) is 7.58. The Hall–Kier alpha value is -5.62. The maximum absolute atomic E-state index is 12.0. The number of aromatic hydroxyl groups is 2. The summed E-state index contributed by atoms with van der Waals surface area (Å²) in [6.07, 6.45) is 0. The SMILES string of the molecule is Oc1c(-c2nc3ccccc3[nH]2)cc2ccccc2c1-c1c(O)c(-c2nc3ccccc3[nH]2)cc2ccccc12. The standard InChI is InChI=1S/C34H22N4O2/c39-31-23(33-35-25-13-5-6-14-26(25)36-33)17-19-9-1-3-11-21(19)29(31)30-22-12-4-2-10-20(22)18-24(32(30)40)34-37-27-15-7-8-16-28(27)38-34/h1-18,39-40H,(H,35,36)(H,37,38). The van der Waals surface area contributed by atoms with Crippen LogP contribution in [-0.2, 0) is 0 Å². The number of nitrogens with one attached hydrogen (secondary N) is 2. The molecule has 8 rings (SSSR count). The van der Waals surface area contributed by atoms with E-state index in [4.69, 9.17) is 9.97 Å². The highest BCUT2D eigenvalue weighted by Gasteiger charge is 2.24. The van der Waals surface area contributed by atoms with Crippen molar-refractivity contribution in [3.05, 3.63) is 109 Å².